The Morgan fingerprint density at radius 2 is 1.84 bits per heavy atom. The van der Waals surface area contributed by atoms with Gasteiger partial charge in [0.1, 0.15) is 5.75 Å². The van der Waals surface area contributed by atoms with Crippen LogP contribution in [0, 0.1) is 6.92 Å². The first kappa shape index (κ1) is 13.8. The summed E-state index contributed by atoms with van der Waals surface area (Å²) >= 11 is 3.38. The summed E-state index contributed by atoms with van der Waals surface area (Å²) in [6, 6.07) is 13.5. The van der Waals surface area contributed by atoms with E-state index in [-0.39, 0.29) is 5.78 Å². The van der Waals surface area contributed by atoms with Gasteiger partial charge in [0, 0.05) is 10.9 Å². The fourth-order valence-corrected chi connectivity index (χ4v) is 2.25. The van der Waals surface area contributed by atoms with E-state index in [1.807, 2.05) is 37.3 Å². The van der Waals surface area contributed by atoms with Gasteiger partial charge >= 0.3 is 0 Å². The zero-order valence-corrected chi connectivity index (χ0v) is 12.5. The maximum Gasteiger partial charge on any atom is 0.170 e. The highest BCUT2D eigenvalue weighted by molar-refractivity contribution is 9.10. The topological polar surface area (TPSA) is 26.3 Å². The second-order valence-corrected chi connectivity index (χ2v) is 5.35. The van der Waals surface area contributed by atoms with Crippen molar-refractivity contribution in [3.63, 3.8) is 0 Å². The van der Waals surface area contributed by atoms with Gasteiger partial charge in [-0.1, -0.05) is 45.8 Å². The average molecular weight is 319 g/mol. The molecule has 0 N–H and O–H groups in total. The summed E-state index contributed by atoms with van der Waals surface area (Å²) in [7, 11) is 1.58. The molecule has 0 spiro atoms. The number of carbonyl (C=O) groups excluding carboxylic acids is 1. The van der Waals surface area contributed by atoms with Crippen molar-refractivity contribution in [1.29, 1.82) is 0 Å². The van der Waals surface area contributed by atoms with Gasteiger partial charge in [0.25, 0.3) is 0 Å². The fourth-order valence-electron chi connectivity index (χ4n) is 1.88. The van der Waals surface area contributed by atoms with E-state index in [1.165, 1.54) is 5.56 Å². The third-order valence-electron chi connectivity index (χ3n) is 2.95. The molecule has 2 rings (SSSR count). The van der Waals surface area contributed by atoms with E-state index in [0.29, 0.717) is 17.7 Å². The van der Waals surface area contributed by atoms with Gasteiger partial charge in [-0.25, -0.2) is 0 Å². The first-order valence-corrected chi connectivity index (χ1v) is 6.81. The molecule has 0 aliphatic carbocycles. The lowest BCUT2D eigenvalue weighted by molar-refractivity contribution is 0.0990. The van der Waals surface area contributed by atoms with E-state index in [1.54, 1.807) is 19.2 Å². The number of Topliss-reactive ketones (excluding diaryl/α,β-unsaturated/α-hetero) is 1. The number of aryl methyl sites for hydroxylation is 1. The SMILES string of the molecule is COc1ccc(Br)cc1C(=O)Cc1ccc(C)cc1. The highest BCUT2D eigenvalue weighted by Crippen LogP contribution is 2.24. The zero-order chi connectivity index (χ0) is 13.8. The van der Waals surface area contributed by atoms with E-state index < -0.39 is 0 Å². The summed E-state index contributed by atoms with van der Waals surface area (Å²) in [6.07, 6.45) is 0.382. The molecule has 0 bridgehead atoms. The molecule has 0 radical (unpaired) electrons. The predicted octanol–water partition coefficient (Wildman–Crippen LogP) is 4.19. The fraction of sp³-hybridized carbons (Fsp3) is 0.188. The number of ether oxygens (including phenoxy) is 1. The van der Waals surface area contributed by atoms with Crippen LogP contribution < -0.4 is 4.74 Å². The van der Waals surface area contributed by atoms with Gasteiger partial charge in [0.05, 0.1) is 12.7 Å². The second-order valence-electron chi connectivity index (χ2n) is 4.43. The molecule has 0 amide bonds. The molecule has 0 saturated carbocycles. The van der Waals surface area contributed by atoms with Crippen molar-refractivity contribution in [2.45, 2.75) is 13.3 Å². The first-order valence-electron chi connectivity index (χ1n) is 6.02. The molecular formula is C16H15BrO2. The standard InChI is InChI=1S/C16H15BrO2/c1-11-3-5-12(6-4-11)9-15(18)14-10-13(17)7-8-16(14)19-2/h3-8,10H,9H2,1-2H3. The van der Waals surface area contributed by atoms with Gasteiger partial charge in [-0.3, -0.25) is 4.79 Å². The third-order valence-corrected chi connectivity index (χ3v) is 3.44. The second kappa shape index (κ2) is 6.02. The summed E-state index contributed by atoms with van der Waals surface area (Å²) in [5.74, 6) is 0.669. The van der Waals surface area contributed by atoms with Crippen LogP contribution in [0.25, 0.3) is 0 Å². The molecule has 0 heterocycles. The number of halogens is 1. The van der Waals surface area contributed by atoms with E-state index in [4.69, 9.17) is 4.74 Å². The molecule has 0 aromatic heterocycles. The summed E-state index contributed by atoms with van der Waals surface area (Å²) < 4.78 is 6.11. The molecule has 2 aromatic rings. The molecule has 0 saturated heterocycles. The van der Waals surface area contributed by atoms with Crippen molar-refractivity contribution in [2.75, 3.05) is 7.11 Å². The minimum absolute atomic E-state index is 0.0574. The van der Waals surface area contributed by atoms with Crippen molar-refractivity contribution < 1.29 is 9.53 Å². The molecule has 2 nitrogen and oxygen atoms in total. The lowest BCUT2D eigenvalue weighted by Gasteiger charge is -2.08. The Kier molecular flexibility index (Phi) is 4.38. The maximum absolute atomic E-state index is 12.3. The van der Waals surface area contributed by atoms with Gasteiger partial charge < -0.3 is 4.74 Å². The summed E-state index contributed by atoms with van der Waals surface area (Å²) in [4.78, 5) is 12.3. The number of rotatable bonds is 4. The van der Waals surface area contributed by atoms with Crippen LogP contribution in [-0.2, 0) is 6.42 Å². The monoisotopic (exact) mass is 318 g/mol. The van der Waals surface area contributed by atoms with Crippen molar-refractivity contribution in [3.8, 4) is 5.75 Å². The highest BCUT2D eigenvalue weighted by Gasteiger charge is 2.13. The van der Waals surface area contributed by atoms with E-state index in [0.717, 1.165) is 10.0 Å². The molecule has 19 heavy (non-hydrogen) atoms. The van der Waals surface area contributed by atoms with Crippen molar-refractivity contribution >= 4 is 21.7 Å². The van der Waals surface area contributed by atoms with Crippen LogP contribution >= 0.6 is 15.9 Å². The number of benzene rings is 2. The Morgan fingerprint density at radius 3 is 2.47 bits per heavy atom. The number of ketones is 1. The molecule has 0 atom stereocenters. The van der Waals surface area contributed by atoms with Crippen molar-refractivity contribution in [1.82, 2.24) is 0 Å². The molecule has 2 aromatic carbocycles. The lowest BCUT2D eigenvalue weighted by atomic mass is 10.0. The van der Waals surface area contributed by atoms with Crippen LogP contribution in [0.15, 0.2) is 46.9 Å². The molecular weight excluding hydrogens is 304 g/mol. The summed E-state index contributed by atoms with van der Waals surface area (Å²) in [6.45, 7) is 2.03. The highest BCUT2D eigenvalue weighted by atomic mass is 79.9. The zero-order valence-electron chi connectivity index (χ0n) is 10.9. The molecule has 0 fully saturated rings. The van der Waals surface area contributed by atoms with Gasteiger partial charge in [0.2, 0.25) is 0 Å². The number of carbonyl (C=O) groups is 1. The maximum atomic E-state index is 12.3. The molecule has 98 valence electrons. The van der Waals surface area contributed by atoms with Crippen molar-refractivity contribution in [2.24, 2.45) is 0 Å². The molecule has 0 unspecified atom stereocenters. The summed E-state index contributed by atoms with van der Waals surface area (Å²) in [5, 5.41) is 0. The van der Waals surface area contributed by atoms with E-state index in [2.05, 4.69) is 15.9 Å². The minimum Gasteiger partial charge on any atom is -0.496 e. The largest absolute Gasteiger partial charge is 0.496 e. The third kappa shape index (κ3) is 3.44. The molecule has 0 aliphatic heterocycles. The first-order chi connectivity index (χ1) is 9.10. The van der Waals surface area contributed by atoms with Gasteiger partial charge in [0.15, 0.2) is 5.78 Å². The van der Waals surface area contributed by atoms with Crippen LogP contribution in [0.2, 0.25) is 0 Å². The Labute approximate surface area is 121 Å². The van der Waals surface area contributed by atoms with Crippen molar-refractivity contribution in [3.05, 3.63) is 63.6 Å². The van der Waals surface area contributed by atoms with E-state index >= 15 is 0 Å². The minimum atomic E-state index is 0.0574. The smallest absolute Gasteiger partial charge is 0.170 e. The van der Waals surface area contributed by atoms with Crippen LogP contribution in [0.1, 0.15) is 21.5 Å². The number of hydrogen-bond donors (Lipinski definition) is 0. The quantitative estimate of drug-likeness (QED) is 0.790. The van der Waals surface area contributed by atoms with Crippen LogP contribution in [-0.4, -0.2) is 12.9 Å². The predicted molar refractivity (Wildman–Crippen MR) is 79.9 cm³/mol. The molecule has 0 aliphatic rings. The van der Waals surface area contributed by atoms with E-state index in [9.17, 15) is 4.79 Å². The Balaban J connectivity index is 2.24. The van der Waals surface area contributed by atoms with Gasteiger partial charge in [-0.05, 0) is 30.7 Å². The summed E-state index contributed by atoms with van der Waals surface area (Å²) in [5.41, 5.74) is 2.81. The van der Waals surface area contributed by atoms with Crippen LogP contribution in [0.3, 0.4) is 0 Å². The Bertz CT molecular complexity index is 588. The van der Waals surface area contributed by atoms with Crippen LogP contribution in [0.5, 0.6) is 5.75 Å². The van der Waals surface area contributed by atoms with Crippen LogP contribution in [0.4, 0.5) is 0 Å². The normalized spacial score (nSPS) is 10.3. The van der Waals surface area contributed by atoms with Gasteiger partial charge in [-0.15, -0.1) is 0 Å². The average Bonchev–Trinajstić information content (AvgIpc) is 2.41. The number of hydrogen-bond acceptors (Lipinski definition) is 2. The van der Waals surface area contributed by atoms with Gasteiger partial charge in [-0.2, -0.15) is 0 Å². The lowest BCUT2D eigenvalue weighted by Crippen LogP contribution is -2.06. The number of methoxy groups -OCH3 is 1. The Hall–Kier alpha value is -1.61. The molecule has 3 heteroatoms. The Morgan fingerprint density at radius 1 is 1.16 bits per heavy atom.